The average molecular weight is 336 g/mol. The first-order chi connectivity index (χ1) is 12.1. The lowest BCUT2D eigenvalue weighted by molar-refractivity contribution is 0.626. The molecular formula is C20H14F2N2O. The fraction of sp³-hybridized carbons (Fsp3) is 0.0500. The van der Waals surface area contributed by atoms with Gasteiger partial charge < -0.3 is 0 Å². The van der Waals surface area contributed by atoms with E-state index in [1.807, 2.05) is 24.3 Å². The zero-order chi connectivity index (χ0) is 17.4. The minimum atomic E-state index is -0.426. The molecule has 0 radical (unpaired) electrons. The van der Waals surface area contributed by atoms with Gasteiger partial charge in [0.2, 0.25) is 0 Å². The third-order valence-corrected chi connectivity index (χ3v) is 4.08. The molecule has 3 nitrogen and oxygen atoms in total. The van der Waals surface area contributed by atoms with E-state index in [2.05, 4.69) is 0 Å². The molecule has 0 bridgehead atoms. The smallest absolute Gasteiger partial charge is 0.260 e. The van der Waals surface area contributed by atoms with Crippen LogP contribution in [0.3, 0.4) is 0 Å². The van der Waals surface area contributed by atoms with Crippen LogP contribution < -0.4 is 5.69 Å². The molecule has 0 N–H and O–H groups in total. The molecule has 0 atom stereocenters. The summed E-state index contributed by atoms with van der Waals surface area (Å²) in [6.45, 7) is 0. The Kier molecular flexibility index (Phi) is 3.69. The molecule has 3 aromatic rings. The first-order valence-corrected chi connectivity index (χ1v) is 7.88. The molecule has 1 aliphatic rings. The van der Waals surface area contributed by atoms with Gasteiger partial charge in [0.1, 0.15) is 11.6 Å². The van der Waals surface area contributed by atoms with E-state index in [0.717, 1.165) is 6.42 Å². The average Bonchev–Trinajstić information content (AvgIpc) is 2.72. The van der Waals surface area contributed by atoms with Crippen LogP contribution in [0.5, 0.6) is 0 Å². The molecule has 2 aromatic carbocycles. The van der Waals surface area contributed by atoms with Gasteiger partial charge in [-0.25, -0.2) is 13.6 Å². The summed E-state index contributed by atoms with van der Waals surface area (Å²) in [6.07, 6.45) is 8.23. The summed E-state index contributed by atoms with van der Waals surface area (Å²) in [5.74, 6) is -0.852. The number of aromatic nitrogens is 2. The Morgan fingerprint density at radius 1 is 0.760 bits per heavy atom. The predicted octanol–water partition coefficient (Wildman–Crippen LogP) is 4.34. The van der Waals surface area contributed by atoms with E-state index in [4.69, 9.17) is 0 Å². The van der Waals surface area contributed by atoms with Crippen molar-refractivity contribution in [2.24, 2.45) is 0 Å². The molecule has 0 aliphatic heterocycles. The SMILES string of the molecule is O=c1n(-c2cccc(F)c2)c2c(n1-c1cccc(F)c1)C=CCC=C2. The van der Waals surface area contributed by atoms with Gasteiger partial charge >= 0.3 is 5.69 Å². The summed E-state index contributed by atoms with van der Waals surface area (Å²) < 4.78 is 30.2. The number of rotatable bonds is 2. The maximum atomic E-state index is 13.7. The maximum Gasteiger partial charge on any atom is 0.338 e. The Labute approximate surface area is 142 Å². The van der Waals surface area contributed by atoms with Crippen LogP contribution in [0.1, 0.15) is 17.8 Å². The molecule has 0 amide bonds. The number of hydrogen-bond donors (Lipinski definition) is 0. The Morgan fingerprint density at radius 2 is 1.24 bits per heavy atom. The van der Waals surface area contributed by atoms with E-state index < -0.39 is 11.6 Å². The fourth-order valence-corrected chi connectivity index (χ4v) is 3.02. The van der Waals surface area contributed by atoms with Crippen LogP contribution in [0.4, 0.5) is 8.78 Å². The standard InChI is InChI=1S/C20H14F2N2O/c21-14-6-4-8-16(12-14)23-18-10-2-1-3-11-19(18)24(20(23)25)17-9-5-7-15(22)13-17/h2-13H,1H2. The maximum absolute atomic E-state index is 13.7. The van der Waals surface area contributed by atoms with Gasteiger partial charge in [0.05, 0.1) is 22.8 Å². The van der Waals surface area contributed by atoms with Crippen LogP contribution in [0.15, 0.2) is 65.5 Å². The van der Waals surface area contributed by atoms with Gasteiger partial charge in [-0.1, -0.05) is 24.3 Å². The van der Waals surface area contributed by atoms with E-state index in [9.17, 15) is 13.6 Å². The second kappa shape index (κ2) is 6.02. The Hall–Kier alpha value is -3.21. The molecule has 0 saturated carbocycles. The lowest BCUT2D eigenvalue weighted by atomic mass is 10.2. The van der Waals surface area contributed by atoms with Crippen molar-refractivity contribution in [3.8, 4) is 11.4 Å². The number of allylic oxidation sites excluding steroid dienone is 2. The summed E-state index contributed by atoms with van der Waals surface area (Å²) in [6, 6.07) is 11.7. The van der Waals surface area contributed by atoms with Crippen LogP contribution in [0, 0.1) is 11.6 Å². The van der Waals surface area contributed by atoms with E-state index in [1.54, 1.807) is 24.3 Å². The van der Waals surface area contributed by atoms with Crippen molar-refractivity contribution in [1.29, 1.82) is 0 Å². The second-order valence-corrected chi connectivity index (χ2v) is 5.72. The zero-order valence-electron chi connectivity index (χ0n) is 13.2. The monoisotopic (exact) mass is 336 g/mol. The Morgan fingerprint density at radius 3 is 1.68 bits per heavy atom. The lowest BCUT2D eigenvalue weighted by Gasteiger charge is -2.04. The largest absolute Gasteiger partial charge is 0.338 e. The van der Waals surface area contributed by atoms with Crippen molar-refractivity contribution < 1.29 is 8.78 Å². The van der Waals surface area contributed by atoms with Gasteiger partial charge in [0.15, 0.2) is 0 Å². The van der Waals surface area contributed by atoms with E-state index in [-0.39, 0.29) is 5.69 Å². The van der Waals surface area contributed by atoms with Crippen molar-refractivity contribution >= 4 is 12.2 Å². The van der Waals surface area contributed by atoms with Crippen molar-refractivity contribution in [1.82, 2.24) is 9.13 Å². The molecule has 25 heavy (non-hydrogen) atoms. The van der Waals surface area contributed by atoms with Crippen LogP contribution in [-0.2, 0) is 0 Å². The van der Waals surface area contributed by atoms with Gasteiger partial charge in [0, 0.05) is 0 Å². The van der Waals surface area contributed by atoms with E-state index in [1.165, 1.54) is 33.4 Å². The molecule has 0 fully saturated rings. The molecule has 5 heteroatoms. The summed E-state index contributed by atoms with van der Waals surface area (Å²) >= 11 is 0. The normalized spacial score (nSPS) is 12.9. The third-order valence-electron chi connectivity index (χ3n) is 4.08. The molecule has 1 aromatic heterocycles. The summed E-state index contributed by atoms with van der Waals surface area (Å²) in [5.41, 5.74) is 1.74. The predicted molar refractivity (Wildman–Crippen MR) is 94.0 cm³/mol. The van der Waals surface area contributed by atoms with Crippen molar-refractivity contribution in [2.45, 2.75) is 6.42 Å². The van der Waals surface area contributed by atoms with Crippen molar-refractivity contribution in [3.63, 3.8) is 0 Å². The Bertz CT molecular complexity index is 992. The van der Waals surface area contributed by atoms with Crippen LogP contribution in [0.2, 0.25) is 0 Å². The number of imidazole rings is 1. The number of halogens is 2. The molecule has 0 spiro atoms. The van der Waals surface area contributed by atoms with Gasteiger partial charge in [-0.05, 0) is 55.0 Å². The van der Waals surface area contributed by atoms with Crippen LogP contribution >= 0.6 is 0 Å². The lowest BCUT2D eigenvalue weighted by Crippen LogP contribution is -2.23. The summed E-state index contributed by atoms with van der Waals surface area (Å²) in [4.78, 5) is 13.1. The van der Waals surface area contributed by atoms with Gasteiger partial charge in [0.25, 0.3) is 0 Å². The number of hydrogen-bond acceptors (Lipinski definition) is 1. The van der Waals surface area contributed by atoms with Crippen molar-refractivity contribution in [2.75, 3.05) is 0 Å². The zero-order valence-corrected chi connectivity index (χ0v) is 13.2. The molecule has 1 aliphatic carbocycles. The van der Waals surface area contributed by atoms with Crippen LogP contribution in [0.25, 0.3) is 23.5 Å². The topological polar surface area (TPSA) is 26.9 Å². The molecule has 0 unspecified atom stereocenters. The van der Waals surface area contributed by atoms with Gasteiger partial charge in [-0.15, -0.1) is 0 Å². The first kappa shape index (κ1) is 15.3. The quantitative estimate of drug-likeness (QED) is 0.684. The van der Waals surface area contributed by atoms with E-state index in [0.29, 0.717) is 22.8 Å². The molecule has 1 heterocycles. The second-order valence-electron chi connectivity index (χ2n) is 5.72. The highest BCUT2D eigenvalue weighted by Crippen LogP contribution is 2.23. The number of benzene rings is 2. The Balaban J connectivity index is 2.07. The van der Waals surface area contributed by atoms with E-state index >= 15 is 0 Å². The van der Waals surface area contributed by atoms with Gasteiger partial charge in [-0.2, -0.15) is 0 Å². The highest BCUT2D eigenvalue weighted by atomic mass is 19.1. The summed E-state index contributed by atoms with van der Waals surface area (Å²) in [5, 5.41) is 0. The highest BCUT2D eigenvalue weighted by Gasteiger charge is 2.20. The molecule has 4 rings (SSSR count). The van der Waals surface area contributed by atoms with Crippen molar-refractivity contribution in [3.05, 3.63) is 94.2 Å². The van der Waals surface area contributed by atoms with Crippen LogP contribution in [-0.4, -0.2) is 9.13 Å². The number of fused-ring (bicyclic) bond motifs is 1. The summed E-state index contributed by atoms with van der Waals surface area (Å²) in [7, 11) is 0. The number of nitrogens with zero attached hydrogens (tertiary/aromatic N) is 2. The minimum absolute atomic E-state index is 0.377. The first-order valence-electron chi connectivity index (χ1n) is 7.88. The minimum Gasteiger partial charge on any atom is -0.260 e. The molecule has 0 saturated heterocycles. The molecular weight excluding hydrogens is 322 g/mol. The highest BCUT2D eigenvalue weighted by molar-refractivity contribution is 5.66. The molecule has 124 valence electrons. The fourth-order valence-electron chi connectivity index (χ4n) is 3.02. The van der Waals surface area contributed by atoms with Gasteiger partial charge in [-0.3, -0.25) is 9.13 Å². The third kappa shape index (κ3) is 2.63.